The van der Waals surface area contributed by atoms with Crippen LogP contribution in [0.2, 0.25) is 0 Å². The first-order valence-corrected chi connectivity index (χ1v) is 5.00. The summed E-state index contributed by atoms with van der Waals surface area (Å²) in [7, 11) is 3.33. The van der Waals surface area contributed by atoms with Crippen LogP contribution in [-0.4, -0.2) is 18.4 Å². The molecule has 0 fully saturated rings. The predicted molar refractivity (Wildman–Crippen MR) is 60.2 cm³/mol. The van der Waals surface area contributed by atoms with Crippen molar-refractivity contribution in [3.8, 4) is 0 Å². The fourth-order valence-corrected chi connectivity index (χ4v) is 1.58. The largest absolute Gasteiger partial charge is 0.419 e. The molecule has 0 aliphatic carbocycles. The van der Waals surface area contributed by atoms with Crippen LogP contribution in [0.15, 0.2) is 27.4 Å². The molecular formula is C11H14N2O3. The lowest BCUT2D eigenvalue weighted by Gasteiger charge is -2.03. The van der Waals surface area contributed by atoms with Crippen LogP contribution >= 0.6 is 0 Å². The molecule has 0 aliphatic heterocycles. The van der Waals surface area contributed by atoms with Crippen LogP contribution in [0.4, 0.5) is 0 Å². The molecule has 5 nitrogen and oxygen atoms in total. The number of aryl methyl sites for hydroxylation is 1. The molecule has 0 atom stereocenters. The van der Waals surface area contributed by atoms with Gasteiger partial charge in [-0.3, -0.25) is 9.88 Å². The third-order valence-electron chi connectivity index (χ3n) is 2.43. The van der Waals surface area contributed by atoms with Crippen molar-refractivity contribution in [3.63, 3.8) is 0 Å². The van der Waals surface area contributed by atoms with Gasteiger partial charge in [0.1, 0.15) is 0 Å². The van der Waals surface area contributed by atoms with E-state index < -0.39 is 0 Å². The van der Waals surface area contributed by atoms with Crippen LogP contribution in [0.5, 0.6) is 0 Å². The molecule has 1 aromatic carbocycles. The van der Waals surface area contributed by atoms with Crippen molar-refractivity contribution in [2.75, 3.05) is 13.8 Å². The minimum Gasteiger partial charge on any atom is -0.408 e. The Labute approximate surface area is 92.6 Å². The Balaban J connectivity index is 2.28. The van der Waals surface area contributed by atoms with Crippen LogP contribution in [0.3, 0.4) is 0 Å². The van der Waals surface area contributed by atoms with Gasteiger partial charge in [-0.2, -0.15) is 0 Å². The van der Waals surface area contributed by atoms with E-state index in [-0.39, 0.29) is 5.76 Å². The molecule has 1 N–H and O–H groups in total. The molecule has 0 unspecified atom stereocenters. The van der Waals surface area contributed by atoms with Gasteiger partial charge in [-0.15, -0.1) is 0 Å². The maximum atomic E-state index is 11.3. The number of ether oxygens (including phenoxy) is 1. The maximum absolute atomic E-state index is 11.3. The topological polar surface area (TPSA) is 56.4 Å². The molecule has 2 aromatic rings. The van der Waals surface area contributed by atoms with Crippen molar-refractivity contribution in [1.82, 2.24) is 9.88 Å². The number of hydrogen-bond acceptors (Lipinski definition) is 4. The van der Waals surface area contributed by atoms with E-state index in [1.54, 1.807) is 20.2 Å². The van der Waals surface area contributed by atoms with Crippen molar-refractivity contribution in [3.05, 3.63) is 34.3 Å². The van der Waals surface area contributed by atoms with Crippen LogP contribution in [0.1, 0.15) is 5.56 Å². The van der Waals surface area contributed by atoms with Crippen molar-refractivity contribution in [2.24, 2.45) is 7.05 Å². The molecule has 0 saturated heterocycles. The number of benzene rings is 1. The first-order valence-electron chi connectivity index (χ1n) is 5.00. The molecule has 86 valence electrons. The molecular weight excluding hydrogens is 208 g/mol. The third kappa shape index (κ3) is 2.00. The summed E-state index contributed by atoms with van der Waals surface area (Å²) < 4.78 is 11.4. The van der Waals surface area contributed by atoms with E-state index in [0.29, 0.717) is 18.9 Å². The lowest BCUT2D eigenvalue weighted by Crippen LogP contribution is -2.15. The van der Waals surface area contributed by atoms with Crippen molar-refractivity contribution in [2.45, 2.75) is 6.54 Å². The molecule has 0 radical (unpaired) electrons. The fraction of sp³-hybridized carbons (Fsp3) is 0.364. The lowest BCUT2D eigenvalue weighted by molar-refractivity contribution is 0.174. The highest BCUT2D eigenvalue weighted by Crippen LogP contribution is 2.13. The monoisotopic (exact) mass is 222 g/mol. The summed E-state index contributed by atoms with van der Waals surface area (Å²) in [5, 5.41) is 3.10. The highest BCUT2D eigenvalue weighted by molar-refractivity contribution is 5.73. The van der Waals surface area contributed by atoms with Gasteiger partial charge in [0, 0.05) is 20.7 Å². The maximum Gasteiger partial charge on any atom is 0.419 e. The minimum atomic E-state index is -0.336. The molecule has 2 rings (SSSR count). The summed E-state index contributed by atoms with van der Waals surface area (Å²) in [4.78, 5) is 11.3. The van der Waals surface area contributed by atoms with Crippen molar-refractivity contribution < 1.29 is 9.15 Å². The second kappa shape index (κ2) is 4.51. The van der Waals surface area contributed by atoms with E-state index >= 15 is 0 Å². The molecule has 0 amide bonds. The van der Waals surface area contributed by atoms with Gasteiger partial charge in [-0.1, -0.05) is 6.07 Å². The minimum absolute atomic E-state index is 0.336. The number of nitrogens with zero attached hydrogens (tertiary/aromatic N) is 1. The summed E-state index contributed by atoms with van der Waals surface area (Å²) in [5.74, 6) is -0.336. The van der Waals surface area contributed by atoms with Crippen LogP contribution in [0.25, 0.3) is 11.1 Å². The Morgan fingerprint density at radius 1 is 1.50 bits per heavy atom. The van der Waals surface area contributed by atoms with E-state index in [0.717, 1.165) is 11.1 Å². The first-order chi connectivity index (χ1) is 7.72. The molecule has 1 aromatic heterocycles. The summed E-state index contributed by atoms with van der Waals surface area (Å²) in [6.07, 6.45) is 0. The zero-order valence-corrected chi connectivity index (χ0v) is 9.32. The Morgan fingerprint density at radius 3 is 3.06 bits per heavy atom. The van der Waals surface area contributed by atoms with Gasteiger partial charge in [-0.25, -0.2) is 4.79 Å². The Kier molecular flexibility index (Phi) is 3.07. The summed E-state index contributed by atoms with van der Waals surface area (Å²) in [6.45, 7) is 1.20. The fourth-order valence-electron chi connectivity index (χ4n) is 1.58. The number of rotatable bonds is 4. The van der Waals surface area contributed by atoms with Gasteiger partial charge in [0.15, 0.2) is 5.58 Å². The van der Waals surface area contributed by atoms with Gasteiger partial charge in [0.25, 0.3) is 0 Å². The quantitative estimate of drug-likeness (QED) is 0.614. The van der Waals surface area contributed by atoms with Crippen molar-refractivity contribution in [1.29, 1.82) is 0 Å². The van der Waals surface area contributed by atoms with Gasteiger partial charge in [0.05, 0.1) is 12.2 Å². The second-order valence-corrected chi connectivity index (χ2v) is 3.59. The highest BCUT2D eigenvalue weighted by Gasteiger charge is 2.05. The summed E-state index contributed by atoms with van der Waals surface area (Å²) in [5.41, 5.74) is 2.51. The molecule has 0 aliphatic rings. The van der Waals surface area contributed by atoms with E-state index in [1.165, 1.54) is 4.57 Å². The normalized spacial score (nSPS) is 11.1. The third-order valence-corrected chi connectivity index (χ3v) is 2.43. The van der Waals surface area contributed by atoms with Gasteiger partial charge >= 0.3 is 5.76 Å². The van der Waals surface area contributed by atoms with Gasteiger partial charge in [0.2, 0.25) is 0 Å². The van der Waals surface area contributed by atoms with E-state index in [1.807, 2.05) is 12.1 Å². The Bertz CT molecular complexity index is 542. The second-order valence-electron chi connectivity index (χ2n) is 3.59. The average Bonchev–Trinajstić information content (AvgIpc) is 2.56. The molecule has 1 heterocycles. The zero-order valence-electron chi connectivity index (χ0n) is 9.32. The van der Waals surface area contributed by atoms with E-state index in [4.69, 9.17) is 9.15 Å². The molecule has 5 heteroatoms. The van der Waals surface area contributed by atoms with Gasteiger partial charge in [-0.05, 0) is 17.7 Å². The molecule has 0 saturated carbocycles. The van der Waals surface area contributed by atoms with Gasteiger partial charge < -0.3 is 9.15 Å². The standard InChI is InChI=1S/C11H14N2O3/c1-13-9-5-8(6-12-7-15-2)3-4-10(9)16-11(13)14/h3-5,12H,6-7H2,1-2H3. The predicted octanol–water partition coefficient (Wildman–Crippen LogP) is 0.825. The Morgan fingerprint density at radius 2 is 2.31 bits per heavy atom. The number of methoxy groups -OCH3 is 1. The Hall–Kier alpha value is -1.59. The van der Waals surface area contributed by atoms with E-state index in [9.17, 15) is 4.79 Å². The average molecular weight is 222 g/mol. The van der Waals surface area contributed by atoms with Crippen LogP contribution in [-0.2, 0) is 18.3 Å². The first kappa shape index (κ1) is 10.9. The number of hydrogen-bond donors (Lipinski definition) is 1. The summed E-state index contributed by atoms with van der Waals surface area (Å²) >= 11 is 0. The number of fused-ring (bicyclic) bond motifs is 1. The SMILES string of the molecule is COCNCc1ccc2oc(=O)n(C)c2c1. The van der Waals surface area contributed by atoms with E-state index in [2.05, 4.69) is 5.32 Å². The summed E-state index contributed by atoms with van der Waals surface area (Å²) in [6, 6.07) is 5.66. The molecule has 0 spiro atoms. The smallest absolute Gasteiger partial charge is 0.408 e. The molecule has 0 bridgehead atoms. The number of nitrogens with one attached hydrogen (secondary N) is 1. The zero-order chi connectivity index (χ0) is 11.5. The highest BCUT2D eigenvalue weighted by atomic mass is 16.5. The number of aromatic nitrogens is 1. The number of oxazole rings is 1. The molecule has 16 heavy (non-hydrogen) atoms. The van der Waals surface area contributed by atoms with Crippen LogP contribution < -0.4 is 11.1 Å². The van der Waals surface area contributed by atoms with Crippen LogP contribution in [0, 0.1) is 0 Å². The lowest BCUT2D eigenvalue weighted by atomic mass is 10.2. The van der Waals surface area contributed by atoms with Crippen molar-refractivity contribution >= 4 is 11.1 Å².